The van der Waals surface area contributed by atoms with Crippen LogP contribution in [0.4, 0.5) is 0 Å². The van der Waals surface area contributed by atoms with E-state index in [0.717, 1.165) is 114 Å². The summed E-state index contributed by atoms with van der Waals surface area (Å²) >= 11 is 0. The summed E-state index contributed by atoms with van der Waals surface area (Å²) in [5.74, 6) is 0.885. The molecule has 6 atom stereocenters. The van der Waals surface area contributed by atoms with E-state index in [1.807, 2.05) is 0 Å². The Hall–Kier alpha value is -1.94. The molecule has 92 heavy (non-hydrogen) atoms. The largest absolute Gasteiger partial charge is 0.472 e. The Kier molecular flexibility index (Phi) is 61.3. The molecule has 3 unspecified atom stereocenters. The lowest BCUT2D eigenvalue weighted by atomic mass is 9.99. The minimum atomic E-state index is -4.95. The van der Waals surface area contributed by atoms with Crippen LogP contribution in [0.25, 0.3) is 0 Å². The second-order valence-electron chi connectivity index (χ2n) is 28.0. The van der Waals surface area contributed by atoms with Crippen molar-refractivity contribution in [1.82, 2.24) is 0 Å². The van der Waals surface area contributed by atoms with Gasteiger partial charge in [-0.05, 0) is 49.4 Å². The van der Waals surface area contributed by atoms with Gasteiger partial charge in [0.1, 0.15) is 19.3 Å². The van der Waals surface area contributed by atoms with Crippen LogP contribution in [-0.4, -0.2) is 96.7 Å². The van der Waals surface area contributed by atoms with Gasteiger partial charge < -0.3 is 33.8 Å². The maximum absolute atomic E-state index is 13.0. The summed E-state index contributed by atoms with van der Waals surface area (Å²) in [4.78, 5) is 72.6. The molecule has 0 aromatic rings. The lowest BCUT2D eigenvalue weighted by molar-refractivity contribution is -0.161. The standard InChI is InChI=1S/C73H142O17P2/c1-9-66(8)52-44-36-27-20-16-12-10-11-13-17-21-28-37-45-53-70(75)83-59-68(90-73(78)56-48-40-30-24-23-26-34-42-50-64(4)5)61-87-91(79,80)85-57-67(74)58-86-92(81,82)88-62-69(60-84-71(76)54-46-38-32-31-35-43-51-65(6)7)89-72(77)55-47-39-29-22-18-14-15-19-25-33-41-49-63(2)3/h63-69,74H,9-62H2,1-8H3,(H,79,80)(H,81,82)/t66?,67-,68-,69-/m1/s1. The Labute approximate surface area is 562 Å². The molecule has 0 saturated carbocycles. The third kappa shape index (κ3) is 65.4. The van der Waals surface area contributed by atoms with Gasteiger partial charge in [-0.3, -0.25) is 37.3 Å². The number of aliphatic hydroxyl groups is 1. The molecule has 0 aromatic heterocycles. The summed E-state index contributed by atoms with van der Waals surface area (Å²) in [7, 11) is -9.91. The molecular formula is C73H142O17P2. The highest BCUT2D eigenvalue weighted by Crippen LogP contribution is 2.45. The van der Waals surface area contributed by atoms with Gasteiger partial charge in [0.15, 0.2) is 12.2 Å². The van der Waals surface area contributed by atoms with Crippen LogP contribution in [0.5, 0.6) is 0 Å². The second-order valence-corrected chi connectivity index (χ2v) is 30.9. The Morgan fingerprint density at radius 3 is 0.772 bits per heavy atom. The molecule has 0 aliphatic rings. The summed E-state index contributed by atoms with van der Waals surface area (Å²) in [6, 6.07) is 0. The number of ether oxygens (including phenoxy) is 4. The third-order valence-corrected chi connectivity index (χ3v) is 19.1. The fourth-order valence-electron chi connectivity index (χ4n) is 11.0. The molecule has 0 spiro atoms. The molecular weight excluding hydrogens is 1210 g/mol. The molecule has 0 rings (SSSR count). The second kappa shape index (κ2) is 62.6. The SMILES string of the molecule is CCC(C)CCCCCCCCCCCCCCCCC(=O)OC[C@H](COP(=O)(O)OC[C@@H](O)COP(=O)(O)OC[C@@H](COC(=O)CCCCCCCCC(C)C)OC(=O)CCCCCCCCCCCCCC(C)C)OC(=O)CCCCCCCCCCC(C)C. The average molecular weight is 1350 g/mol. The molecule has 0 heterocycles. The van der Waals surface area contributed by atoms with Crippen LogP contribution >= 0.6 is 15.6 Å². The fraction of sp³-hybridized carbons (Fsp3) is 0.945. The van der Waals surface area contributed by atoms with Crippen LogP contribution in [0.15, 0.2) is 0 Å². The van der Waals surface area contributed by atoms with Crippen LogP contribution in [0.2, 0.25) is 0 Å². The maximum atomic E-state index is 13.0. The Bertz CT molecular complexity index is 1820. The first kappa shape index (κ1) is 90.1. The maximum Gasteiger partial charge on any atom is 0.472 e. The van der Waals surface area contributed by atoms with Gasteiger partial charge in [0.25, 0.3) is 0 Å². The number of carbonyl (C=O) groups excluding carboxylic acids is 4. The summed E-state index contributed by atoms with van der Waals surface area (Å²) in [5.41, 5.74) is 0. The van der Waals surface area contributed by atoms with Gasteiger partial charge in [0.05, 0.1) is 26.4 Å². The molecule has 0 amide bonds. The van der Waals surface area contributed by atoms with Gasteiger partial charge in [0, 0.05) is 25.7 Å². The van der Waals surface area contributed by atoms with Gasteiger partial charge in [0.2, 0.25) is 0 Å². The third-order valence-electron chi connectivity index (χ3n) is 17.2. The number of carbonyl (C=O) groups is 4. The fourth-order valence-corrected chi connectivity index (χ4v) is 12.6. The molecule has 0 radical (unpaired) electrons. The summed E-state index contributed by atoms with van der Waals surface area (Å²) in [6.45, 7) is 14.1. The van der Waals surface area contributed by atoms with E-state index in [0.29, 0.717) is 31.6 Å². The van der Waals surface area contributed by atoms with Gasteiger partial charge in [-0.1, -0.05) is 312 Å². The Balaban J connectivity index is 5.20. The molecule has 0 saturated heterocycles. The first-order valence-electron chi connectivity index (χ1n) is 37.7. The molecule has 19 heteroatoms. The highest BCUT2D eigenvalue weighted by atomic mass is 31.2. The summed E-state index contributed by atoms with van der Waals surface area (Å²) < 4.78 is 68.3. The molecule has 17 nitrogen and oxygen atoms in total. The lowest BCUT2D eigenvalue weighted by Gasteiger charge is -2.21. The quantitative estimate of drug-likeness (QED) is 0.0222. The topological polar surface area (TPSA) is 237 Å². The predicted molar refractivity (Wildman–Crippen MR) is 372 cm³/mol. The van der Waals surface area contributed by atoms with Crippen LogP contribution in [0.3, 0.4) is 0 Å². The number of phosphoric ester groups is 2. The van der Waals surface area contributed by atoms with Crippen molar-refractivity contribution in [2.24, 2.45) is 23.7 Å². The van der Waals surface area contributed by atoms with Crippen LogP contribution in [-0.2, 0) is 65.4 Å². The summed E-state index contributed by atoms with van der Waals surface area (Å²) in [6.07, 6.45) is 46.0. The highest BCUT2D eigenvalue weighted by molar-refractivity contribution is 7.47. The lowest BCUT2D eigenvalue weighted by Crippen LogP contribution is -2.30. The van der Waals surface area contributed by atoms with E-state index < -0.39 is 97.5 Å². The zero-order valence-electron chi connectivity index (χ0n) is 60.2. The first-order chi connectivity index (χ1) is 44.1. The molecule has 3 N–H and O–H groups in total. The number of aliphatic hydroxyl groups excluding tert-OH is 1. The van der Waals surface area contributed by atoms with Crippen molar-refractivity contribution >= 4 is 39.5 Å². The van der Waals surface area contributed by atoms with Gasteiger partial charge in [-0.25, -0.2) is 9.13 Å². The number of esters is 4. The van der Waals surface area contributed by atoms with E-state index in [2.05, 4.69) is 55.4 Å². The molecule has 0 aliphatic heterocycles. The number of phosphoric acid groups is 2. The number of hydrogen-bond donors (Lipinski definition) is 3. The van der Waals surface area contributed by atoms with Gasteiger partial charge in [-0.2, -0.15) is 0 Å². The van der Waals surface area contributed by atoms with Gasteiger partial charge >= 0.3 is 39.5 Å². The Morgan fingerprint density at radius 2 is 0.522 bits per heavy atom. The molecule has 0 bridgehead atoms. The van der Waals surface area contributed by atoms with E-state index in [1.54, 1.807) is 0 Å². The predicted octanol–water partition coefficient (Wildman–Crippen LogP) is 20.9. The normalized spacial score (nSPS) is 14.5. The van der Waals surface area contributed by atoms with E-state index in [-0.39, 0.29) is 25.7 Å². The highest BCUT2D eigenvalue weighted by Gasteiger charge is 2.30. The van der Waals surface area contributed by atoms with Crippen LogP contribution in [0.1, 0.15) is 364 Å². The van der Waals surface area contributed by atoms with Crippen molar-refractivity contribution in [2.45, 2.75) is 382 Å². The number of hydrogen-bond acceptors (Lipinski definition) is 15. The average Bonchev–Trinajstić information content (AvgIpc) is 1.52. The monoisotopic (exact) mass is 1350 g/mol. The molecule has 0 aromatic carbocycles. The van der Waals surface area contributed by atoms with Crippen molar-refractivity contribution in [3.05, 3.63) is 0 Å². The molecule has 0 fully saturated rings. The zero-order valence-corrected chi connectivity index (χ0v) is 62.0. The number of unbranched alkanes of at least 4 members (excludes halogenated alkanes) is 35. The number of rotatable bonds is 70. The first-order valence-corrected chi connectivity index (χ1v) is 40.7. The van der Waals surface area contributed by atoms with Crippen molar-refractivity contribution in [1.29, 1.82) is 0 Å². The van der Waals surface area contributed by atoms with E-state index in [9.17, 15) is 43.2 Å². The molecule has 0 aliphatic carbocycles. The minimum absolute atomic E-state index is 0.104. The van der Waals surface area contributed by atoms with Crippen LogP contribution in [0, 0.1) is 23.7 Å². The van der Waals surface area contributed by atoms with Crippen LogP contribution < -0.4 is 0 Å². The zero-order chi connectivity index (χ0) is 68.2. The smallest absolute Gasteiger partial charge is 0.462 e. The van der Waals surface area contributed by atoms with Crippen molar-refractivity contribution < 1.29 is 80.2 Å². The summed E-state index contributed by atoms with van der Waals surface area (Å²) in [5, 5.41) is 10.6. The Morgan fingerprint density at radius 1 is 0.304 bits per heavy atom. The molecule has 546 valence electrons. The van der Waals surface area contributed by atoms with E-state index >= 15 is 0 Å². The van der Waals surface area contributed by atoms with E-state index in [1.165, 1.54) is 161 Å². The minimum Gasteiger partial charge on any atom is -0.462 e. The van der Waals surface area contributed by atoms with Gasteiger partial charge in [-0.15, -0.1) is 0 Å². The van der Waals surface area contributed by atoms with E-state index in [4.69, 9.17) is 37.0 Å². The van der Waals surface area contributed by atoms with Crippen molar-refractivity contribution in [3.8, 4) is 0 Å². The van der Waals surface area contributed by atoms with Crippen molar-refractivity contribution in [3.63, 3.8) is 0 Å². The van der Waals surface area contributed by atoms with Crippen molar-refractivity contribution in [2.75, 3.05) is 39.6 Å².